The van der Waals surface area contributed by atoms with Crippen LogP contribution in [-0.4, -0.2) is 38.5 Å². The first-order valence-electron chi connectivity index (χ1n) is 3.52. The van der Waals surface area contributed by atoms with Crippen molar-refractivity contribution in [1.29, 1.82) is 0 Å². The summed E-state index contributed by atoms with van der Waals surface area (Å²) < 4.78 is 25.5. The minimum atomic E-state index is -3.40. The summed E-state index contributed by atoms with van der Waals surface area (Å²) in [5.41, 5.74) is 0. The highest BCUT2D eigenvalue weighted by atomic mass is 35.7. The number of nitrogens with zero attached hydrogens (tertiary/aromatic N) is 1. The maximum Gasteiger partial charge on any atom is 0.440 e. The van der Waals surface area contributed by atoms with Crippen LogP contribution >= 0.6 is 18.2 Å². The predicted octanol–water partition coefficient (Wildman–Crippen LogP) is 1.24. The summed E-state index contributed by atoms with van der Waals surface area (Å²) in [7, 11) is 1.24. The molecule has 1 fully saturated rings. The lowest BCUT2D eigenvalue weighted by molar-refractivity contribution is -0.121. The largest absolute Gasteiger partial charge is 0.440 e. The van der Waals surface area contributed by atoms with Crippen molar-refractivity contribution in [3.8, 4) is 0 Å². The molecule has 0 radical (unpaired) electrons. The molecule has 1 atom stereocenters. The topological polar surface area (TPSA) is 48.0 Å². The van der Waals surface area contributed by atoms with Gasteiger partial charge in [0.15, 0.2) is 0 Å². The molecule has 72 valence electrons. The Bertz CT molecular complexity index is 184. The third-order valence-electron chi connectivity index (χ3n) is 1.40. The zero-order valence-electron chi connectivity index (χ0n) is 6.73. The van der Waals surface area contributed by atoms with Crippen LogP contribution in [0.4, 0.5) is 0 Å². The molecule has 7 heteroatoms. The highest BCUT2D eigenvalue weighted by Gasteiger charge is 2.24. The fraction of sp³-hybridized carbons (Fsp3) is 1.00. The second-order valence-electron chi connectivity index (χ2n) is 2.24. The molecular weight excluding hydrogens is 204 g/mol. The average Bonchev–Trinajstić information content (AvgIpc) is 2.06. The Morgan fingerprint density at radius 3 is 2.58 bits per heavy atom. The van der Waals surface area contributed by atoms with Crippen molar-refractivity contribution >= 4 is 18.2 Å². The van der Waals surface area contributed by atoms with Crippen LogP contribution in [0.1, 0.15) is 0 Å². The Morgan fingerprint density at radius 2 is 2.08 bits per heavy atom. The van der Waals surface area contributed by atoms with E-state index in [2.05, 4.69) is 4.52 Å². The Hall–Kier alpha value is 0.360. The number of hydrogen-bond acceptors (Lipinski definition) is 5. The van der Waals surface area contributed by atoms with Gasteiger partial charge in [0.25, 0.3) is 0 Å². The van der Waals surface area contributed by atoms with Gasteiger partial charge in [-0.2, -0.15) is 5.06 Å². The molecule has 0 bridgehead atoms. The van der Waals surface area contributed by atoms with E-state index in [9.17, 15) is 4.57 Å². The van der Waals surface area contributed by atoms with Crippen LogP contribution in [0.5, 0.6) is 0 Å². The summed E-state index contributed by atoms with van der Waals surface area (Å²) in [6, 6.07) is 0. The molecule has 0 aliphatic carbocycles. The monoisotopic (exact) mass is 215 g/mol. The molecule has 1 heterocycles. The van der Waals surface area contributed by atoms with Gasteiger partial charge in [0.1, 0.15) is 0 Å². The quantitative estimate of drug-likeness (QED) is 0.663. The standard InChI is InChI=1S/C5H11ClNO4P/c1-9-12(6,8)11-7-2-4-10-5-3-7/h2-5H2,1H3. The minimum Gasteiger partial charge on any atom is -0.379 e. The lowest BCUT2D eigenvalue weighted by Gasteiger charge is -2.26. The van der Waals surface area contributed by atoms with E-state index in [1.165, 1.54) is 12.2 Å². The number of hydrogen-bond donors (Lipinski definition) is 0. The van der Waals surface area contributed by atoms with E-state index < -0.39 is 6.95 Å². The van der Waals surface area contributed by atoms with Crippen molar-refractivity contribution in [1.82, 2.24) is 5.06 Å². The van der Waals surface area contributed by atoms with Gasteiger partial charge in [0.05, 0.1) is 13.2 Å². The lowest BCUT2D eigenvalue weighted by atomic mass is 10.5. The third kappa shape index (κ3) is 3.39. The van der Waals surface area contributed by atoms with Crippen LogP contribution in [0.2, 0.25) is 0 Å². The van der Waals surface area contributed by atoms with E-state index in [0.717, 1.165) is 0 Å². The van der Waals surface area contributed by atoms with Crippen LogP contribution in [0, 0.1) is 0 Å². The van der Waals surface area contributed by atoms with Crippen molar-refractivity contribution in [2.24, 2.45) is 0 Å². The smallest absolute Gasteiger partial charge is 0.379 e. The average molecular weight is 216 g/mol. The highest BCUT2D eigenvalue weighted by molar-refractivity contribution is 7.81. The molecule has 0 aromatic carbocycles. The number of hydroxylamine groups is 2. The van der Waals surface area contributed by atoms with Gasteiger partial charge < -0.3 is 4.74 Å². The Balaban J connectivity index is 2.34. The van der Waals surface area contributed by atoms with Crippen molar-refractivity contribution in [3.05, 3.63) is 0 Å². The zero-order valence-corrected chi connectivity index (χ0v) is 8.38. The number of rotatable bonds is 3. The third-order valence-corrected chi connectivity index (χ3v) is 2.86. The van der Waals surface area contributed by atoms with Crippen LogP contribution in [0.15, 0.2) is 0 Å². The first kappa shape index (κ1) is 10.4. The Labute approximate surface area is 75.8 Å². The van der Waals surface area contributed by atoms with Gasteiger partial charge >= 0.3 is 6.95 Å². The molecule has 0 N–H and O–H groups in total. The van der Waals surface area contributed by atoms with Gasteiger partial charge in [0.2, 0.25) is 0 Å². The van der Waals surface area contributed by atoms with Crippen molar-refractivity contribution in [2.75, 3.05) is 33.4 Å². The van der Waals surface area contributed by atoms with Gasteiger partial charge in [-0.3, -0.25) is 4.52 Å². The van der Waals surface area contributed by atoms with Gasteiger partial charge in [0, 0.05) is 31.4 Å². The number of halogens is 1. The molecule has 5 nitrogen and oxygen atoms in total. The minimum absolute atomic E-state index is 0.556. The molecule has 0 amide bonds. The summed E-state index contributed by atoms with van der Waals surface area (Å²) in [5, 5.41) is 1.49. The van der Waals surface area contributed by atoms with E-state index in [1.807, 2.05) is 0 Å². The number of ether oxygens (including phenoxy) is 1. The molecule has 0 spiro atoms. The maximum atomic E-state index is 11.1. The van der Waals surface area contributed by atoms with Crippen LogP contribution in [0.3, 0.4) is 0 Å². The second-order valence-corrected chi connectivity index (χ2v) is 4.87. The van der Waals surface area contributed by atoms with Gasteiger partial charge in [-0.1, -0.05) is 0 Å². The van der Waals surface area contributed by atoms with Crippen LogP contribution < -0.4 is 0 Å². The van der Waals surface area contributed by atoms with E-state index >= 15 is 0 Å². The van der Waals surface area contributed by atoms with E-state index in [1.54, 1.807) is 0 Å². The van der Waals surface area contributed by atoms with Crippen molar-refractivity contribution in [3.63, 3.8) is 0 Å². The summed E-state index contributed by atoms with van der Waals surface area (Å²) in [4.78, 5) is 0. The number of morpholine rings is 1. The summed E-state index contributed by atoms with van der Waals surface area (Å²) in [6.45, 7) is -1.18. The summed E-state index contributed by atoms with van der Waals surface area (Å²) in [6.07, 6.45) is 0. The fourth-order valence-corrected chi connectivity index (χ4v) is 1.57. The Morgan fingerprint density at radius 1 is 1.50 bits per heavy atom. The fourth-order valence-electron chi connectivity index (χ4n) is 0.800. The molecule has 1 unspecified atom stereocenters. The van der Waals surface area contributed by atoms with E-state index in [-0.39, 0.29) is 0 Å². The van der Waals surface area contributed by atoms with Crippen molar-refractivity contribution in [2.45, 2.75) is 0 Å². The predicted molar refractivity (Wildman–Crippen MR) is 43.9 cm³/mol. The maximum absolute atomic E-state index is 11.1. The lowest BCUT2D eigenvalue weighted by Crippen LogP contribution is -2.35. The van der Waals surface area contributed by atoms with Gasteiger partial charge in [-0.15, -0.1) is 0 Å². The first-order valence-corrected chi connectivity index (χ1v) is 5.97. The Kier molecular flexibility index (Phi) is 3.96. The summed E-state index contributed by atoms with van der Waals surface area (Å²) in [5.74, 6) is 0. The molecule has 1 aliphatic heterocycles. The molecule has 0 saturated carbocycles. The first-order chi connectivity index (χ1) is 5.64. The van der Waals surface area contributed by atoms with Crippen LogP contribution in [0.25, 0.3) is 0 Å². The SMILES string of the molecule is COP(=O)(Cl)ON1CCOCC1. The molecule has 0 aromatic rings. The van der Waals surface area contributed by atoms with Gasteiger partial charge in [-0.05, 0) is 0 Å². The van der Waals surface area contributed by atoms with Crippen LogP contribution in [-0.2, 0) is 18.5 Å². The second kappa shape index (κ2) is 4.56. The van der Waals surface area contributed by atoms with Crippen molar-refractivity contribution < 1.29 is 18.5 Å². The summed E-state index contributed by atoms with van der Waals surface area (Å²) >= 11 is 5.38. The molecule has 1 aliphatic rings. The van der Waals surface area contributed by atoms with E-state index in [4.69, 9.17) is 20.6 Å². The highest BCUT2D eigenvalue weighted by Crippen LogP contribution is 2.53. The molecular formula is C5H11ClNO4P. The van der Waals surface area contributed by atoms with Gasteiger partial charge in [-0.25, -0.2) is 9.19 Å². The normalized spacial score (nSPS) is 25.2. The molecule has 1 rings (SSSR count). The molecule has 1 saturated heterocycles. The zero-order chi connectivity index (χ0) is 9.03. The van der Waals surface area contributed by atoms with E-state index in [0.29, 0.717) is 26.3 Å². The molecule has 0 aromatic heterocycles. The molecule has 12 heavy (non-hydrogen) atoms.